The molecule has 0 saturated carbocycles. The molecular formula is C23H30N2O3S. The van der Waals surface area contributed by atoms with Gasteiger partial charge in [0.25, 0.3) is 0 Å². The van der Waals surface area contributed by atoms with Crippen LogP contribution in [0, 0.1) is 0 Å². The van der Waals surface area contributed by atoms with Crippen LogP contribution in [0.5, 0.6) is 0 Å². The standard InChI is InChI=1S/C23H30N2O3S/c1-23(2,3)18-11-13-19(14-12-18)29(27,28)24-16-15-22(26)25-21-10-6-8-17-7-4-5-9-20(17)21/h4-5,7,9,11-14,21,24H,6,8,10,15-16H2,1-3H3,(H,25,26)/t21-/m0/s1. The van der Waals surface area contributed by atoms with Gasteiger partial charge in [-0.1, -0.05) is 57.2 Å². The fourth-order valence-corrected chi connectivity index (χ4v) is 4.72. The zero-order chi connectivity index (χ0) is 21.1. The van der Waals surface area contributed by atoms with E-state index in [4.69, 9.17) is 0 Å². The Hall–Kier alpha value is -2.18. The van der Waals surface area contributed by atoms with Crippen molar-refractivity contribution in [2.75, 3.05) is 6.54 Å². The van der Waals surface area contributed by atoms with Gasteiger partial charge in [-0.2, -0.15) is 0 Å². The van der Waals surface area contributed by atoms with Gasteiger partial charge in [0.15, 0.2) is 0 Å². The van der Waals surface area contributed by atoms with Crippen molar-refractivity contribution in [1.82, 2.24) is 10.0 Å². The third-order valence-electron chi connectivity index (χ3n) is 5.38. The van der Waals surface area contributed by atoms with Crippen molar-refractivity contribution in [1.29, 1.82) is 0 Å². The lowest BCUT2D eigenvalue weighted by Gasteiger charge is -2.26. The summed E-state index contributed by atoms with van der Waals surface area (Å²) in [6, 6.07) is 15.1. The van der Waals surface area contributed by atoms with Crippen LogP contribution in [0.4, 0.5) is 0 Å². The number of carbonyl (C=O) groups is 1. The summed E-state index contributed by atoms with van der Waals surface area (Å²) in [6.45, 7) is 6.32. The number of amides is 1. The van der Waals surface area contributed by atoms with Gasteiger partial charge in [-0.3, -0.25) is 4.79 Å². The molecule has 0 fully saturated rings. The number of aryl methyl sites for hydroxylation is 1. The maximum atomic E-state index is 12.5. The maximum Gasteiger partial charge on any atom is 0.240 e. The molecule has 0 unspecified atom stereocenters. The predicted molar refractivity (Wildman–Crippen MR) is 115 cm³/mol. The van der Waals surface area contributed by atoms with E-state index < -0.39 is 10.0 Å². The Morgan fingerprint density at radius 1 is 1.07 bits per heavy atom. The molecule has 1 aliphatic rings. The van der Waals surface area contributed by atoms with Gasteiger partial charge in [0.2, 0.25) is 15.9 Å². The molecule has 0 radical (unpaired) electrons. The molecule has 3 rings (SSSR count). The minimum Gasteiger partial charge on any atom is -0.349 e. The molecule has 156 valence electrons. The van der Waals surface area contributed by atoms with Crippen LogP contribution in [0.1, 0.15) is 62.8 Å². The minimum absolute atomic E-state index is 0.00833. The van der Waals surface area contributed by atoms with Crippen molar-refractivity contribution < 1.29 is 13.2 Å². The summed E-state index contributed by atoms with van der Waals surface area (Å²) >= 11 is 0. The third kappa shape index (κ3) is 5.46. The fraction of sp³-hybridized carbons (Fsp3) is 0.435. The van der Waals surface area contributed by atoms with E-state index in [2.05, 4.69) is 42.9 Å². The summed E-state index contributed by atoms with van der Waals surface area (Å²) in [5.74, 6) is -0.141. The SMILES string of the molecule is CC(C)(C)c1ccc(S(=O)(=O)NCCC(=O)N[C@H]2CCCc3ccccc32)cc1. The minimum atomic E-state index is -3.63. The highest BCUT2D eigenvalue weighted by atomic mass is 32.2. The largest absolute Gasteiger partial charge is 0.349 e. The average molecular weight is 415 g/mol. The lowest BCUT2D eigenvalue weighted by Crippen LogP contribution is -2.34. The number of carbonyl (C=O) groups excluding carboxylic acids is 1. The first-order valence-electron chi connectivity index (χ1n) is 10.1. The number of rotatable bonds is 6. The first-order chi connectivity index (χ1) is 13.7. The highest BCUT2D eigenvalue weighted by Gasteiger charge is 2.22. The van der Waals surface area contributed by atoms with Crippen LogP contribution in [0.2, 0.25) is 0 Å². The maximum absolute atomic E-state index is 12.5. The van der Waals surface area contributed by atoms with Crippen LogP contribution in [0.15, 0.2) is 53.4 Å². The van der Waals surface area contributed by atoms with E-state index in [1.54, 1.807) is 12.1 Å². The monoisotopic (exact) mass is 414 g/mol. The van der Waals surface area contributed by atoms with Crippen LogP contribution in [0.3, 0.4) is 0 Å². The van der Waals surface area contributed by atoms with Gasteiger partial charge in [-0.15, -0.1) is 0 Å². The zero-order valence-corrected chi connectivity index (χ0v) is 18.2. The molecule has 0 heterocycles. The average Bonchev–Trinajstić information content (AvgIpc) is 2.67. The molecule has 1 atom stereocenters. The van der Waals surface area contributed by atoms with Crippen LogP contribution in [-0.4, -0.2) is 20.9 Å². The number of fused-ring (bicyclic) bond motifs is 1. The number of hydrogen-bond acceptors (Lipinski definition) is 3. The van der Waals surface area contributed by atoms with Gasteiger partial charge >= 0.3 is 0 Å². The van der Waals surface area contributed by atoms with E-state index in [1.807, 2.05) is 24.3 Å². The van der Waals surface area contributed by atoms with E-state index in [9.17, 15) is 13.2 Å². The summed E-state index contributed by atoms with van der Waals surface area (Å²) in [5, 5.41) is 3.05. The van der Waals surface area contributed by atoms with Gasteiger partial charge in [0.1, 0.15) is 0 Å². The van der Waals surface area contributed by atoms with Crippen LogP contribution in [0.25, 0.3) is 0 Å². The molecular weight excluding hydrogens is 384 g/mol. The Morgan fingerprint density at radius 2 is 1.76 bits per heavy atom. The van der Waals surface area contributed by atoms with Crippen molar-refractivity contribution >= 4 is 15.9 Å². The molecule has 1 amide bonds. The highest BCUT2D eigenvalue weighted by Crippen LogP contribution is 2.29. The van der Waals surface area contributed by atoms with Crippen LogP contribution < -0.4 is 10.0 Å². The Kier molecular flexibility index (Phi) is 6.44. The van der Waals surface area contributed by atoms with E-state index in [0.717, 1.165) is 24.8 Å². The second-order valence-corrected chi connectivity index (χ2v) is 10.4. The van der Waals surface area contributed by atoms with E-state index in [-0.39, 0.29) is 35.2 Å². The fourth-order valence-electron chi connectivity index (χ4n) is 3.69. The molecule has 0 aliphatic heterocycles. The van der Waals surface area contributed by atoms with Crippen molar-refractivity contribution in [2.45, 2.75) is 62.8 Å². The summed E-state index contributed by atoms with van der Waals surface area (Å²) < 4.78 is 27.5. The van der Waals surface area contributed by atoms with E-state index in [1.165, 1.54) is 11.1 Å². The Labute approximate surface area is 174 Å². The predicted octanol–water partition coefficient (Wildman–Crippen LogP) is 3.85. The molecule has 29 heavy (non-hydrogen) atoms. The van der Waals surface area contributed by atoms with Gasteiger partial charge in [-0.05, 0) is 53.5 Å². The number of nitrogens with one attached hydrogen (secondary N) is 2. The normalized spacial score (nSPS) is 16.9. The Morgan fingerprint density at radius 3 is 2.45 bits per heavy atom. The second kappa shape index (κ2) is 8.67. The number of hydrogen-bond donors (Lipinski definition) is 2. The molecule has 5 nitrogen and oxygen atoms in total. The first kappa shape index (κ1) is 21.5. The molecule has 0 saturated heterocycles. The van der Waals surface area contributed by atoms with Crippen molar-refractivity contribution in [3.63, 3.8) is 0 Å². The third-order valence-corrected chi connectivity index (χ3v) is 6.86. The summed E-state index contributed by atoms with van der Waals surface area (Å²) in [4.78, 5) is 12.6. The highest BCUT2D eigenvalue weighted by molar-refractivity contribution is 7.89. The number of sulfonamides is 1. The lowest BCUT2D eigenvalue weighted by molar-refractivity contribution is -0.121. The smallest absolute Gasteiger partial charge is 0.240 e. The van der Waals surface area contributed by atoms with E-state index in [0.29, 0.717) is 0 Å². The molecule has 6 heteroatoms. The van der Waals surface area contributed by atoms with Crippen LogP contribution >= 0.6 is 0 Å². The first-order valence-corrected chi connectivity index (χ1v) is 11.6. The molecule has 2 N–H and O–H groups in total. The van der Waals surface area contributed by atoms with E-state index >= 15 is 0 Å². The van der Waals surface area contributed by atoms with Crippen molar-refractivity contribution in [2.24, 2.45) is 0 Å². The molecule has 0 spiro atoms. The topological polar surface area (TPSA) is 75.3 Å². The quantitative estimate of drug-likeness (QED) is 0.754. The van der Waals surface area contributed by atoms with Gasteiger partial charge in [-0.25, -0.2) is 13.1 Å². The molecule has 1 aliphatic carbocycles. The molecule has 2 aromatic carbocycles. The Bertz CT molecular complexity index is 960. The zero-order valence-electron chi connectivity index (χ0n) is 17.4. The van der Waals surface area contributed by atoms with Gasteiger partial charge < -0.3 is 5.32 Å². The van der Waals surface area contributed by atoms with Crippen molar-refractivity contribution in [3.05, 3.63) is 65.2 Å². The summed E-state index contributed by atoms with van der Waals surface area (Å²) in [5.41, 5.74) is 3.49. The molecule has 0 aromatic heterocycles. The second-order valence-electron chi connectivity index (χ2n) is 8.63. The lowest BCUT2D eigenvalue weighted by atomic mass is 9.87. The summed E-state index contributed by atoms with van der Waals surface area (Å²) in [6.07, 6.45) is 3.10. The van der Waals surface area contributed by atoms with Gasteiger partial charge in [0.05, 0.1) is 10.9 Å². The summed E-state index contributed by atoms with van der Waals surface area (Å²) in [7, 11) is -3.63. The number of benzene rings is 2. The molecule has 0 bridgehead atoms. The van der Waals surface area contributed by atoms with Crippen molar-refractivity contribution in [3.8, 4) is 0 Å². The van der Waals surface area contributed by atoms with Gasteiger partial charge in [0, 0.05) is 13.0 Å². The Balaban J connectivity index is 1.53. The van der Waals surface area contributed by atoms with Crippen LogP contribution in [-0.2, 0) is 26.7 Å². The molecule has 2 aromatic rings.